The van der Waals surface area contributed by atoms with Gasteiger partial charge >= 0.3 is 0 Å². The largest absolute Gasteiger partial charge is 0.296 e. The maximum atomic E-state index is 5.75. The molecule has 0 spiro atoms. The molecule has 2 aromatic rings. The van der Waals surface area contributed by atoms with Gasteiger partial charge in [0.15, 0.2) is 5.11 Å². The van der Waals surface area contributed by atoms with E-state index < -0.39 is 0 Å². The fraction of sp³-hybridized carbons (Fsp3) is 0.235. The molecule has 2 aromatic carbocycles. The van der Waals surface area contributed by atoms with E-state index in [0.717, 1.165) is 23.9 Å². The normalized spacial score (nSPS) is 21.9. The van der Waals surface area contributed by atoms with Crippen LogP contribution in [0.15, 0.2) is 60.7 Å². The Hall–Kier alpha value is -1.91. The molecule has 0 amide bonds. The monoisotopic (exact) mass is 295 g/mol. The first-order valence-corrected chi connectivity index (χ1v) is 7.74. The predicted molar refractivity (Wildman–Crippen MR) is 88.7 cm³/mol. The molecule has 3 nitrogen and oxygen atoms in total. The van der Waals surface area contributed by atoms with Crippen molar-refractivity contribution in [3.05, 3.63) is 66.2 Å². The fourth-order valence-electron chi connectivity index (χ4n) is 3.24. The smallest absolute Gasteiger partial charge is 0.192 e. The van der Waals surface area contributed by atoms with Gasteiger partial charge in [-0.2, -0.15) is 5.01 Å². The lowest BCUT2D eigenvalue weighted by Crippen LogP contribution is -2.32. The standard InChI is InChI=1S/C17H17N3S/c21-17-19-13-7-12-18(19)16(14-8-3-1-4-9-14)20(17)15-10-5-2-6-11-15/h1-6,8-11,16H,7,12-13H2/t16-/m0/s1. The Morgan fingerprint density at radius 1 is 0.857 bits per heavy atom. The van der Waals surface area contributed by atoms with Crippen LogP contribution in [0.5, 0.6) is 0 Å². The molecule has 2 fully saturated rings. The number of benzene rings is 2. The van der Waals surface area contributed by atoms with Crippen LogP contribution in [0.1, 0.15) is 18.2 Å². The topological polar surface area (TPSA) is 9.72 Å². The van der Waals surface area contributed by atoms with Gasteiger partial charge in [0.05, 0.1) is 0 Å². The van der Waals surface area contributed by atoms with Crippen molar-refractivity contribution in [2.24, 2.45) is 0 Å². The van der Waals surface area contributed by atoms with E-state index in [1.54, 1.807) is 0 Å². The van der Waals surface area contributed by atoms with Crippen LogP contribution in [0.4, 0.5) is 5.69 Å². The van der Waals surface area contributed by atoms with Crippen molar-refractivity contribution in [3.63, 3.8) is 0 Å². The van der Waals surface area contributed by atoms with Crippen LogP contribution in [0.3, 0.4) is 0 Å². The molecule has 0 bridgehead atoms. The van der Waals surface area contributed by atoms with Crippen LogP contribution in [-0.4, -0.2) is 28.2 Å². The zero-order valence-electron chi connectivity index (χ0n) is 11.7. The van der Waals surface area contributed by atoms with E-state index in [0.29, 0.717) is 0 Å². The van der Waals surface area contributed by atoms with Crippen LogP contribution >= 0.6 is 12.2 Å². The first kappa shape index (κ1) is 12.8. The minimum Gasteiger partial charge on any atom is -0.296 e. The Balaban J connectivity index is 1.81. The molecule has 4 rings (SSSR count). The van der Waals surface area contributed by atoms with Gasteiger partial charge in [-0.3, -0.25) is 9.91 Å². The molecular weight excluding hydrogens is 278 g/mol. The number of thiocarbonyl (C=S) groups is 1. The molecular formula is C17H17N3S. The minimum atomic E-state index is 0.170. The van der Waals surface area contributed by atoms with Gasteiger partial charge in [-0.25, -0.2) is 0 Å². The molecule has 0 unspecified atom stereocenters. The van der Waals surface area contributed by atoms with Crippen LogP contribution in [0.2, 0.25) is 0 Å². The summed E-state index contributed by atoms with van der Waals surface area (Å²) in [6.45, 7) is 2.08. The first-order chi connectivity index (χ1) is 10.4. The molecule has 2 heterocycles. The summed E-state index contributed by atoms with van der Waals surface area (Å²) in [4.78, 5) is 2.27. The molecule has 1 atom stereocenters. The van der Waals surface area contributed by atoms with E-state index in [2.05, 4.69) is 69.5 Å². The van der Waals surface area contributed by atoms with Crippen molar-refractivity contribution >= 4 is 23.0 Å². The SMILES string of the molecule is S=C1N(c2ccccc2)[C@@H](c2ccccc2)N2CCCN12. The summed E-state index contributed by atoms with van der Waals surface area (Å²) in [5.74, 6) is 0. The summed E-state index contributed by atoms with van der Waals surface area (Å²) in [5.41, 5.74) is 2.44. The maximum Gasteiger partial charge on any atom is 0.192 e. The average molecular weight is 295 g/mol. The minimum absolute atomic E-state index is 0.170. The highest BCUT2D eigenvalue weighted by Gasteiger charge is 2.45. The molecule has 0 aliphatic carbocycles. The number of rotatable bonds is 2. The molecule has 0 aromatic heterocycles. The summed E-state index contributed by atoms with van der Waals surface area (Å²) in [6.07, 6.45) is 1.34. The van der Waals surface area contributed by atoms with Gasteiger partial charge in [0.25, 0.3) is 0 Å². The van der Waals surface area contributed by atoms with E-state index in [1.807, 2.05) is 6.07 Å². The van der Waals surface area contributed by atoms with Gasteiger partial charge in [0.1, 0.15) is 6.17 Å². The second-order valence-electron chi connectivity index (χ2n) is 5.41. The van der Waals surface area contributed by atoms with Crippen molar-refractivity contribution < 1.29 is 0 Å². The maximum absolute atomic E-state index is 5.75. The third kappa shape index (κ3) is 2.03. The third-order valence-electron chi connectivity index (χ3n) is 4.15. The highest BCUT2D eigenvalue weighted by atomic mass is 32.1. The van der Waals surface area contributed by atoms with Crippen molar-refractivity contribution in [1.82, 2.24) is 10.0 Å². The van der Waals surface area contributed by atoms with Crippen molar-refractivity contribution in [2.45, 2.75) is 12.6 Å². The van der Waals surface area contributed by atoms with Crippen LogP contribution in [0, 0.1) is 0 Å². The Bertz CT molecular complexity index is 644. The molecule has 0 radical (unpaired) electrons. The van der Waals surface area contributed by atoms with Crippen molar-refractivity contribution in [1.29, 1.82) is 0 Å². The summed E-state index contributed by atoms with van der Waals surface area (Å²) in [5, 5.41) is 5.55. The van der Waals surface area contributed by atoms with Crippen molar-refractivity contribution in [2.75, 3.05) is 18.0 Å². The third-order valence-corrected chi connectivity index (χ3v) is 4.56. The van der Waals surface area contributed by atoms with Crippen LogP contribution in [0.25, 0.3) is 0 Å². The lowest BCUT2D eigenvalue weighted by atomic mass is 10.1. The highest BCUT2D eigenvalue weighted by Crippen LogP contribution is 2.40. The molecule has 2 saturated heterocycles. The number of nitrogens with zero attached hydrogens (tertiary/aromatic N) is 3. The molecule has 106 valence electrons. The Morgan fingerprint density at radius 3 is 2.24 bits per heavy atom. The van der Waals surface area contributed by atoms with E-state index in [4.69, 9.17) is 12.2 Å². The average Bonchev–Trinajstić information content (AvgIpc) is 3.11. The van der Waals surface area contributed by atoms with E-state index >= 15 is 0 Å². The van der Waals surface area contributed by atoms with Gasteiger partial charge in [0, 0.05) is 18.8 Å². The number of hydrogen-bond acceptors (Lipinski definition) is 2. The molecule has 2 aliphatic heterocycles. The van der Waals surface area contributed by atoms with Gasteiger partial charge in [-0.05, 0) is 36.3 Å². The van der Waals surface area contributed by atoms with Gasteiger partial charge in [-0.15, -0.1) is 0 Å². The second-order valence-corrected chi connectivity index (χ2v) is 5.78. The summed E-state index contributed by atoms with van der Waals surface area (Å²) in [7, 11) is 0. The number of para-hydroxylation sites is 1. The van der Waals surface area contributed by atoms with Crippen molar-refractivity contribution in [3.8, 4) is 0 Å². The second kappa shape index (κ2) is 5.13. The van der Waals surface area contributed by atoms with Gasteiger partial charge < -0.3 is 0 Å². The number of anilines is 1. The summed E-state index contributed by atoms with van der Waals surface area (Å²) in [6, 6.07) is 21.1. The van der Waals surface area contributed by atoms with Gasteiger partial charge in [-0.1, -0.05) is 48.5 Å². The lowest BCUT2D eigenvalue weighted by Gasteiger charge is -2.28. The highest BCUT2D eigenvalue weighted by molar-refractivity contribution is 7.80. The Kier molecular flexibility index (Phi) is 3.13. The number of fused-ring (bicyclic) bond motifs is 1. The molecule has 4 heteroatoms. The molecule has 0 saturated carbocycles. The molecule has 21 heavy (non-hydrogen) atoms. The van der Waals surface area contributed by atoms with E-state index in [1.165, 1.54) is 12.0 Å². The summed E-state index contributed by atoms with van der Waals surface area (Å²) >= 11 is 5.75. The van der Waals surface area contributed by atoms with Crippen LogP contribution < -0.4 is 4.90 Å². The first-order valence-electron chi connectivity index (χ1n) is 7.33. The number of hydrazine groups is 1. The molecule has 0 N–H and O–H groups in total. The lowest BCUT2D eigenvalue weighted by molar-refractivity contribution is 0.0923. The Morgan fingerprint density at radius 2 is 1.52 bits per heavy atom. The summed E-state index contributed by atoms with van der Waals surface area (Å²) < 4.78 is 0. The van der Waals surface area contributed by atoms with E-state index in [-0.39, 0.29) is 6.17 Å². The zero-order valence-corrected chi connectivity index (χ0v) is 12.5. The predicted octanol–water partition coefficient (Wildman–Crippen LogP) is 3.41. The molecule has 2 aliphatic rings. The van der Waals surface area contributed by atoms with Gasteiger partial charge in [0.2, 0.25) is 0 Å². The zero-order chi connectivity index (χ0) is 14.2. The quantitative estimate of drug-likeness (QED) is 0.785. The van der Waals surface area contributed by atoms with Crippen LogP contribution in [-0.2, 0) is 0 Å². The Labute approximate surface area is 130 Å². The fourth-order valence-corrected chi connectivity index (χ4v) is 3.64. The number of hydrogen-bond donors (Lipinski definition) is 0. The van der Waals surface area contributed by atoms with E-state index in [9.17, 15) is 0 Å².